The molecule has 10 heteroatoms. The van der Waals surface area contributed by atoms with Crippen molar-refractivity contribution in [3.8, 4) is 0 Å². The largest absolute Gasteiger partial charge is 0.298 e. The van der Waals surface area contributed by atoms with Gasteiger partial charge in [0.1, 0.15) is 5.82 Å². The number of hydrogen-bond donors (Lipinski definition) is 1. The average molecular weight is 369 g/mol. The fraction of sp³-hybridized carbons (Fsp3) is 0.0909. The van der Waals surface area contributed by atoms with Crippen molar-refractivity contribution in [1.82, 2.24) is 4.98 Å². The van der Waals surface area contributed by atoms with Gasteiger partial charge in [-0.25, -0.2) is 17.8 Å². The molecule has 5 nitrogen and oxygen atoms in total. The molecule has 1 aromatic heterocycles. The van der Waals surface area contributed by atoms with Gasteiger partial charge < -0.3 is 0 Å². The third-order valence-electron chi connectivity index (χ3n) is 2.37. The van der Waals surface area contributed by atoms with Crippen molar-refractivity contribution < 1.29 is 17.6 Å². The van der Waals surface area contributed by atoms with Crippen molar-refractivity contribution in [2.24, 2.45) is 0 Å². The molecule has 1 heterocycles. The Labute approximate surface area is 133 Å². The zero-order valence-electron chi connectivity index (χ0n) is 10.4. The van der Waals surface area contributed by atoms with Gasteiger partial charge in [-0.1, -0.05) is 22.9 Å². The number of halogens is 3. The molecule has 0 radical (unpaired) electrons. The molecule has 21 heavy (non-hydrogen) atoms. The quantitative estimate of drug-likeness (QED) is 0.842. The molecule has 2 aromatic rings. The molecular formula is C11H7Cl2FN2O3S2. The van der Waals surface area contributed by atoms with Crippen molar-refractivity contribution in [3.05, 3.63) is 40.3 Å². The maximum Gasteiger partial charge on any atom is 0.272 e. The third-order valence-corrected chi connectivity index (χ3v) is 5.94. The lowest BCUT2D eigenvalue weighted by Gasteiger charge is -2.03. The van der Waals surface area contributed by atoms with Crippen molar-refractivity contribution in [2.75, 3.05) is 5.32 Å². The van der Waals surface area contributed by atoms with Crippen molar-refractivity contribution in [1.29, 1.82) is 0 Å². The number of amides is 1. The van der Waals surface area contributed by atoms with Gasteiger partial charge in [-0.15, -0.1) is 0 Å². The van der Waals surface area contributed by atoms with Crippen LogP contribution in [0.5, 0.6) is 0 Å². The molecule has 0 aliphatic carbocycles. The monoisotopic (exact) mass is 368 g/mol. The van der Waals surface area contributed by atoms with Gasteiger partial charge >= 0.3 is 0 Å². The van der Waals surface area contributed by atoms with Crippen LogP contribution in [-0.2, 0) is 9.05 Å². The van der Waals surface area contributed by atoms with Gasteiger partial charge in [0.2, 0.25) is 0 Å². The molecule has 0 atom stereocenters. The van der Waals surface area contributed by atoms with Crippen molar-refractivity contribution in [2.45, 2.75) is 11.1 Å². The van der Waals surface area contributed by atoms with Crippen LogP contribution in [0.4, 0.5) is 9.52 Å². The Kier molecular flexibility index (Phi) is 4.52. The summed E-state index contributed by atoms with van der Waals surface area (Å²) in [5.41, 5.74) is 0.219. The smallest absolute Gasteiger partial charge is 0.272 e. The Bertz CT molecular complexity index is 821. The first-order valence-corrected chi connectivity index (χ1v) is 8.87. The van der Waals surface area contributed by atoms with E-state index in [0.717, 1.165) is 23.5 Å². The lowest BCUT2D eigenvalue weighted by atomic mass is 10.2. The van der Waals surface area contributed by atoms with Crippen LogP contribution in [0.3, 0.4) is 0 Å². The first-order valence-electron chi connectivity index (χ1n) is 5.37. The summed E-state index contributed by atoms with van der Waals surface area (Å²) in [5, 5.41) is 2.38. The van der Waals surface area contributed by atoms with E-state index in [1.165, 1.54) is 13.0 Å². The maximum absolute atomic E-state index is 12.9. The highest BCUT2D eigenvalue weighted by atomic mass is 35.7. The number of carbonyl (C=O) groups is 1. The van der Waals surface area contributed by atoms with E-state index in [0.29, 0.717) is 0 Å². The number of rotatable bonds is 3. The van der Waals surface area contributed by atoms with E-state index in [1.54, 1.807) is 0 Å². The van der Waals surface area contributed by atoms with Crippen LogP contribution in [-0.4, -0.2) is 19.3 Å². The molecule has 1 amide bonds. The average Bonchev–Trinajstić information content (AvgIpc) is 2.69. The zero-order chi connectivity index (χ0) is 15.8. The van der Waals surface area contributed by atoms with Crippen LogP contribution in [0.25, 0.3) is 0 Å². The number of benzene rings is 1. The van der Waals surface area contributed by atoms with Gasteiger partial charge in [-0.2, -0.15) is 0 Å². The van der Waals surface area contributed by atoms with Crippen LogP contribution >= 0.6 is 33.6 Å². The van der Waals surface area contributed by atoms with Crippen molar-refractivity contribution in [3.63, 3.8) is 0 Å². The minimum atomic E-state index is -3.93. The van der Waals surface area contributed by atoms with Gasteiger partial charge in [-0.3, -0.25) is 10.1 Å². The van der Waals surface area contributed by atoms with Gasteiger partial charge in [0.25, 0.3) is 15.0 Å². The summed E-state index contributed by atoms with van der Waals surface area (Å²) in [5.74, 6) is -1.20. The topological polar surface area (TPSA) is 76.1 Å². The molecule has 0 bridgehead atoms. The number of aryl methyl sites for hydroxylation is 1. The highest BCUT2D eigenvalue weighted by Gasteiger charge is 2.21. The molecule has 0 unspecified atom stereocenters. The molecule has 0 aliphatic heterocycles. The van der Waals surface area contributed by atoms with E-state index in [1.807, 2.05) is 0 Å². The molecule has 0 spiro atoms. The molecule has 1 aromatic carbocycles. The fourth-order valence-electron chi connectivity index (χ4n) is 1.50. The predicted molar refractivity (Wildman–Crippen MR) is 79.3 cm³/mol. The highest BCUT2D eigenvalue weighted by Crippen LogP contribution is 2.30. The third kappa shape index (κ3) is 3.70. The first kappa shape index (κ1) is 16.2. The van der Waals surface area contributed by atoms with E-state index >= 15 is 0 Å². The second-order valence-corrected chi connectivity index (χ2v) is 8.08. The maximum atomic E-state index is 12.9. The number of nitrogens with one attached hydrogen (secondary N) is 1. The number of nitrogens with zero attached hydrogens (tertiary/aromatic N) is 1. The number of anilines is 1. The van der Waals surface area contributed by atoms with Crippen LogP contribution < -0.4 is 5.32 Å². The molecule has 0 aliphatic rings. The summed E-state index contributed by atoms with van der Waals surface area (Å²) in [7, 11) is 1.31. The van der Waals surface area contributed by atoms with Crippen LogP contribution in [0.2, 0.25) is 5.02 Å². The second kappa shape index (κ2) is 5.88. The van der Waals surface area contributed by atoms with E-state index in [-0.39, 0.29) is 25.6 Å². The van der Waals surface area contributed by atoms with Gasteiger partial charge in [0.05, 0.1) is 16.3 Å². The summed E-state index contributed by atoms with van der Waals surface area (Å²) in [4.78, 5) is 15.9. The Morgan fingerprint density at radius 1 is 1.43 bits per heavy atom. The van der Waals surface area contributed by atoms with Crippen LogP contribution in [0.1, 0.15) is 16.1 Å². The zero-order valence-corrected chi connectivity index (χ0v) is 13.5. The molecule has 0 saturated carbocycles. The second-order valence-electron chi connectivity index (χ2n) is 3.91. The molecule has 0 fully saturated rings. The number of thiazole rings is 1. The lowest BCUT2D eigenvalue weighted by Crippen LogP contribution is -2.12. The predicted octanol–water partition coefficient (Wildman–Crippen LogP) is 3.42. The minimum absolute atomic E-state index is 0.0428. The van der Waals surface area contributed by atoms with Gasteiger partial charge in [0.15, 0.2) is 9.34 Å². The van der Waals surface area contributed by atoms with Crippen molar-refractivity contribution >= 4 is 53.7 Å². The van der Waals surface area contributed by atoms with E-state index in [4.69, 9.17) is 22.3 Å². The molecule has 2 rings (SSSR count). The fourth-order valence-corrected chi connectivity index (χ4v) is 4.10. The van der Waals surface area contributed by atoms with Crippen LogP contribution in [0.15, 0.2) is 22.4 Å². The summed E-state index contributed by atoms with van der Waals surface area (Å²) in [6.45, 7) is 1.45. The van der Waals surface area contributed by atoms with E-state index in [2.05, 4.69) is 10.3 Å². The Morgan fingerprint density at radius 3 is 2.62 bits per heavy atom. The minimum Gasteiger partial charge on any atom is -0.298 e. The SMILES string of the molecule is Cc1nc(NC(=O)c2ccc(F)cc2Cl)sc1S(=O)(=O)Cl. The molecule has 112 valence electrons. The summed E-state index contributed by atoms with van der Waals surface area (Å²) in [6, 6.07) is 3.30. The molecular weight excluding hydrogens is 362 g/mol. The number of hydrogen-bond acceptors (Lipinski definition) is 5. The normalized spacial score (nSPS) is 11.4. The Morgan fingerprint density at radius 2 is 2.10 bits per heavy atom. The molecule has 1 N–H and O–H groups in total. The number of aromatic nitrogens is 1. The summed E-state index contributed by atoms with van der Waals surface area (Å²) in [6.07, 6.45) is 0. The Balaban J connectivity index is 2.28. The number of carbonyl (C=O) groups excluding carboxylic acids is 1. The highest BCUT2D eigenvalue weighted by molar-refractivity contribution is 8.15. The molecule has 0 saturated heterocycles. The summed E-state index contributed by atoms with van der Waals surface area (Å²) >= 11 is 6.48. The van der Waals surface area contributed by atoms with Crippen LogP contribution in [0, 0.1) is 12.7 Å². The first-order chi connectivity index (χ1) is 9.68. The van der Waals surface area contributed by atoms with E-state index in [9.17, 15) is 17.6 Å². The summed E-state index contributed by atoms with van der Waals surface area (Å²) < 4.78 is 35.3. The standard InChI is InChI=1S/C11H7Cl2FN2O3S2/c1-5-10(21(13,18)19)20-11(15-5)16-9(17)7-3-2-6(14)4-8(7)12/h2-4H,1H3,(H,15,16,17). The van der Waals surface area contributed by atoms with Gasteiger partial charge in [0, 0.05) is 10.7 Å². The lowest BCUT2D eigenvalue weighted by molar-refractivity contribution is 0.102. The Hall–Kier alpha value is -1.22. The van der Waals surface area contributed by atoms with Gasteiger partial charge in [-0.05, 0) is 25.1 Å². The van der Waals surface area contributed by atoms with E-state index < -0.39 is 20.8 Å².